The molecule has 5 atom stereocenters. The third-order valence-corrected chi connectivity index (χ3v) is 9.16. The van der Waals surface area contributed by atoms with Crippen LogP contribution >= 0.6 is 11.6 Å². The van der Waals surface area contributed by atoms with Crippen molar-refractivity contribution in [2.45, 2.75) is 82.0 Å². The second-order valence-electron chi connectivity index (χ2n) is 11.5. The predicted octanol–water partition coefficient (Wildman–Crippen LogP) is 5.08. The fourth-order valence-corrected chi connectivity index (χ4v) is 7.20. The molecule has 0 saturated carbocycles. The largest absolute Gasteiger partial charge is 0.465 e. The van der Waals surface area contributed by atoms with Gasteiger partial charge in [-0.2, -0.15) is 0 Å². The summed E-state index contributed by atoms with van der Waals surface area (Å²) in [6.45, 7) is 10.4. The van der Waals surface area contributed by atoms with Crippen molar-refractivity contribution in [3.05, 3.63) is 54.6 Å². The smallest absolute Gasteiger partial charge is 0.312 e. The van der Waals surface area contributed by atoms with Crippen LogP contribution < -0.4 is 4.90 Å². The number of hydrogen-bond acceptors (Lipinski definition) is 6. The third-order valence-electron chi connectivity index (χ3n) is 8.84. The van der Waals surface area contributed by atoms with Gasteiger partial charge in [-0.1, -0.05) is 48.7 Å². The lowest BCUT2D eigenvalue weighted by atomic mass is 9.66. The minimum atomic E-state index is -1.14. The average Bonchev–Trinajstić information content (AvgIpc) is 3.52. The molecule has 9 heteroatoms. The van der Waals surface area contributed by atoms with Crippen molar-refractivity contribution in [2.75, 3.05) is 31.2 Å². The van der Waals surface area contributed by atoms with Gasteiger partial charge in [-0.25, -0.2) is 0 Å². The number of ether oxygens (including phenoxy) is 2. The minimum Gasteiger partial charge on any atom is -0.465 e. The molecule has 4 rings (SSSR count). The van der Waals surface area contributed by atoms with Crippen LogP contribution in [0.15, 0.2) is 49.6 Å². The highest BCUT2D eigenvalue weighted by Gasteiger charge is 2.78. The minimum absolute atomic E-state index is 0.118. The number of benzene rings is 1. The molecule has 1 aromatic rings. The van der Waals surface area contributed by atoms with Crippen LogP contribution in [0.2, 0.25) is 5.02 Å². The first-order valence-electron chi connectivity index (χ1n) is 14.8. The van der Waals surface area contributed by atoms with Crippen molar-refractivity contribution < 1.29 is 29.0 Å². The number of carbonyl (C=O) groups excluding carboxylic acids is 3. The highest BCUT2D eigenvalue weighted by atomic mass is 35.5. The molecule has 0 radical (unpaired) electrons. The van der Waals surface area contributed by atoms with Crippen LogP contribution in [-0.2, 0) is 23.9 Å². The number of halogens is 1. The molecule has 3 fully saturated rings. The Hall–Kier alpha value is -2.68. The molecule has 3 heterocycles. The third kappa shape index (κ3) is 5.97. The number of aliphatic hydroxyl groups is 1. The molecule has 1 spiro atoms. The normalized spacial score (nSPS) is 28.0. The summed E-state index contributed by atoms with van der Waals surface area (Å²) in [6, 6.07) is 6.19. The fraction of sp³-hybridized carbons (Fsp3) is 0.594. The second kappa shape index (κ2) is 13.5. The maximum Gasteiger partial charge on any atom is 0.312 e. The van der Waals surface area contributed by atoms with Crippen molar-refractivity contribution in [2.24, 2.45) is 11.8 Å². The number of amides is 2. The van der Waals surface area contributed by atoms with Crippen molar-refractivity contribution in [1.29, 1.82) is 0 Å². The Morgan fingerprint density at radius 2 is 1.90 bits per heavy atom. The quantitative estimate of drug-likeness (QED) is 0.165. The molecule has 0 aromatic heterocycles. The Bertz CT molecular complexity index is 1140. The van der Waals surface area contributed by atoms with E-state index < -0.39 is 35.0 Å². The Labute approximate surface area is 248 Å². The van der Waals surface area contributed by atoms with E-state index in [0.717, 1.165) is 25.7 Å². The van der Waals surface area contributed by atoms with Crippen molar-refractivity contribution in [1.82, 2.24) is 4.90 Å². The fourth-order valence-electron chi connectivity index (χ4n) is 6.96. The summed E-state index contributed by atoms with van der Waals surface area (Å²) in [5, 5.41) is 9.58. The first-order chi connectivity index (χ1) is 19.8. The van der Waals surface area contributed by atoms with Gasteiger partial charge in [-0.05, 0) is 64.0 Å². The van der Waals surface area contributed by atoms with Crippen LogP contribution in [-0.4, -0.2) is 71.3 Å². The molecule has 224 valence electrons. The van der Waals surface area contributed by atoms with Gasteiger partial charge in [-0.3, -0.25) is 14.4 Å². The summed E-state index contributed by atoms with van der Waals surface area (Å²) in [4.78, 5) is 45.5. The van der Waals surface area contributed by atoms with Gasteiger partial charge in [0.05, 0.1) is 28.8 Å². The standard InChI is InChI=1S/C32H43ClN2O6/c1-4-6-7-14-22-40-30(39)26-25-28(37)35(20-12-8-9-13-21-36)27(32(25)18-17-31(26,3)41-32)29(38)34(19-5-2)24-16-11-10-15-23(24)33/h4-5,10-11,15-16,25-27,36H,1-2,6-9,12-14,17-22H2,3H3/t25-,26-,27?,31+,32?/m0/s1. The van der Waals surface area contributed by atoms with E-state index in [4.69, 9.17) is 26.2 Å². The van der Waals surface area contributed by atoms with E-state index in [-0.39, 0.29) is 31.6 Å². The van der Waals surface area contributed by atoms with Crippen LogP contribution in [0.3, 0.4) is 0 Å². The number of para-hydroxylation sites is 1. The molecule has 2 bridgehead atoms. The number of rotatable bonds is 16. The van der Waals surface area contributed by atoms with Crippen molar-refractivity contribution in [3.8, 4) is 0 Å². The van der Waals surface area contributed by atoms with Gasteiger partial charge in [0, 0.05) is 19.7 Å². The summed E-state index contributed by atoms with van der Waals surface area (Å²) >= 11 is 6.53. The first-order valence-corrected chi connectivity index (χ1v) is 15.2. The first kappa shape index (κ1) is 31.3. The number of carbonyl (C=O) groups is 3. The van der Waals surface area contributed by atoms with E-state index >= 15 is 0 Å². The predicted molar refractivity (Wildman–Crippen MR) is 158 cm³/mol. The zero-order chi connectivity index (χ0) is 29.6. The van der Waals surface area contributed by atoms with Gasteiger partial charge in [-0.15, -0.1) is 13.2 Å². The van der Waals surface area contributed by atoms with Crippen molar-refractivity contribution in [3.63, 3.8) is 0 Å². The molecule has 0 aliphatic carbocycles. The number of esters is 1. The lowest BCUT2D eigenvalue weighted by Gasteiger charge is -2.37. The summed E-state index contributed by atoms with van der Waals surface area (Å²) in [5.41, 5.74) is -1.50. The molecular weight excluding hydrogens is 544 g/mol. The Morgan fingerprint density at radius 1 is 1.15 bits per heavy atom. The van der Waals surface area contributed by atoms with E-state index in [0.29, 0.717) is 49.4 Å². The molecule has 41 heavy (non-hydrogen) atoms. The Balaban J connectivity index is 1.67. The van der Waals surface area contributed by atoms with Crippen LogP contribution in [0.25, 0.3) is 0 Å². The van der Waals surface area contributed by atoms with Crippen molar-refractivity contribution >= 4 is 35.1 Å². The maximum atomic E-state index is 14.5. The molecule has 8 nitrogen and oxygen atoms in total. The Morgan fingerprint density at radius 3 is 2.61 bits per heavy atom. The summed E-state index contributed by atoms with van der Waals surface area (Å²) in [5.74, 6) is -2.56. The van der Waals surface area contributed by atoms with Gasteiger partial charge >= 0.3 is 5.97 Å². The monoisotopic (exact) mass is 586 g/mol. The number of anilines is 1. The zero-order valence-electron chi connectivity index (χ0n) is 24.1. The molecular formula is C32H43ClN2O6. The summed E-state index contributed by atoms with van der Waals surface area (Å²) in [6.07, 6.45) is 9.91. The second-order valence-corrected chi connectivity index (χ2v) is 11.9. The van der Waals surface area contributed by atoms with E-state index in [9.17, 15) is 14.4 Å². The van der Waals surface area contributed by atoms with Crippen LogP contribution in [0, 0.1) is 11.8 Å². The number of unbranched alkanes of at least 4 members (excludes halogenated alkanes) is 5. The zero-order valence-corrected chi connectivity index (χ0v) is 24.8. The van der Waals surface area contributed by atoms with E-state index in [1.165, 1.54) is 0 Å². The number of fused-ring (bicyclic) bond motifs is 1. The summed E-state index contributed by atoms with van der Waals surface area (Å²) in [7, 11) is 0. The van der Waals surface area contributed by atoms with Gasteiger partial charge < -0.3 is 24.4 Å². The van der Waals surface area contributed by atoms with Gasteiger partial charge in [0.2, 0.25) is 5.91 Å². The van der Waals surface area contributed by atoms with Gasteiger partial charge in [0.15, 0.2) is 0 Å². The topological polar surface area (TPSA) is 96.4 Å². The molecule has 3 aliphatic heterocycles. The SMILES string of the molecule is C=CCCCCOC(=O)[C@@H]1[C@H]2C(=O)N(CCCCCCO)C(C(=O)N(CC=C)c3ccccc3Cl)C23CC[C@@]1(C)O3. The molecule has 3 aliphatic rings. The van der Waals surface area contributed by atoms with E-state index in [2.05, 4.69) is 13.2 Å². The van der Waals surface area contributed by atoms with Crippen LogP contribution in [0.4, 0.5) is 5.69 Å². The lowest BCUT2D eigenvalue weighted by Crippen LogP contribution is -2.56. The molecule has 1 N–H and O–H groups in total. The van der Waals surface area contributed by atoms with Gasteiger partial charge in [0.25, 0.3) is 5.91 Å². The van der Waals surface area contributed by atoms with E-state index in [1.54, 1.807) is 34.1 Å². The number of nitrogens with zero attached hydrogens (tertiary/aromatic N) is 2. The maximum absolute atomic E-state index is 14.5. The Kier molecular flexibility index (Phi) is 10.3. The highest BCUT2D eigenvalue weighted by molar-refractivity contribution is 6.34. The van der Waals surface area contributed by atoms with Gasteiger partial charge in [0.1, 0.15) is 17.6 Å². The van der Waals surface area contributed by atoms with Crippen LogP contribution in [0.5, 0.6) is 0 Å². The number of allylic oxidation sites excluding steroid dienone is 1. The molecule has 2 unspecified atom stereocenters. The molecule has 1 aromatic carbocycles. The lowest BCUT2D eigenvalue weighted by molar-refractivity contribution is -0.159. The van der Waals surface area contributed by atoms with E-state index in [1.807, 2.05) is 19.1 Å². The molecule has 3 saturated heterocycles. The number of aliphatic hydroxyl groups excluding tert-OH is 1. The number of hydrogen-bond donors (Lipinski definition) is 1. The molecule has 2 amide bonds. The van der Waals surface area contributed by atoms with Crippen LogP contribution in [0.1, 0.15) is 64.7 Å². The summed E-state index contributed by atoms with van der Waals surface area (Å²) < 4.78 is 12.4. The highest BCUT2D eigenvalue weighted by Crippen LogP contribution is 2.63. The average molecular weight is 587 g/mol. The number of likely N-dealkylation sites (tertiary alicyclic amines) is 1.